The normalized spacial score (nSPS) is 20.1. The summed E-state index contributed by atoms with van der Waals surface area (Å²) in [5.41, 5.74) is 1.68. The molecule has 0 bridgehead atoms. The minimum Gasteiger partial charge on any atom is -0.371 e. The van der Waals surface area contributed by atoms with Gasteiger partial charge < -0.3 is 4.74 Å². The van der Waals surface area contributed by atoms with Gasteiger partial charge in [-0.25, -0.2) is 13.2 Å². The molecule has 0 saturated carbocycles. The molecule has 2 nitrogen and oxygen atoms in total. The van der Waals surface area contributed by atoms with Gasteiger partial charge in [0.2, 0.25) is 0 Å². The third kappa shape index (κ3) is 3.62. The molecule has 2 aromatic carbocycles. The average molecular weight is 335 g/mol. The maximum absolute atomic E-state index is 13.5. The molecule has 5 heteroatoms. The van der Waals surface area contributed by atoms with Crippen LogP contribution < -0.4 is 0 Å². The summed E-state index contributed by atoms with van der Waals surface area (Å²) in [5, 5.41) is 0. The summed E-state index contributed by atoms with van der Waals surface area (Å²) in [7, 11) is 0. The molecule has 1 saturated heterocycles. The van der Waals surface area contributed by atoms with Crippen LogP contribution in [-0.4, -0.2) is 24.6 Å². The van der Waals surface area contributed by atoms with Crippen molar-refractivity contribution in [2.24, 2.45) is 0 Å². The molecule has 0 radical (unpaired) electrons. The predicted octanol–water partition coefficient (Wildman–Crippen LogP) is 4.63. The third-order valence-electron chi connectivity index (χ3n) is 4.50. The second-order valence-electron chi connectivity index (χ2n) is 6.00. The number of hydrogen-bond acceptors (Lipinski definition) is 2. The number of benzene rings is 2. The van der Waals surface area contributed by atoms with Gasteiger partial charge in [0.05, 0.1) is 12.7 Å². The highest BCUT2D eigenvalue weighted by molar-refractivity contribution is 5.23. The van der Waals surface area contributed by atoms with E-state index in [1.165, 1.54) is 18.2 Å². The van der Waals surface area contributed by atoms with Crippen molar-refractivity contribution in [1.82, 2.24) is 4.90 Å². The van der Waals surface area contributed by atoms with Crippen LogP contribution in [0.15, 0.2) is 42.5 Å². The first-order chi connectivity index (χ1) is 11.6. The Kier molecular flexibility index (Phi) is 5.21. The van der Waals surface area contributed by atoms with Gasteiger partial charge in [-0.05, 0) is 41.8 Å². The first kappa shape index (κ1) is 17.0. The van der Waals surface area contributed by atoms with Crippen molar-refractivity contribution in [3.8, 4) is 0 Å². The van der Waals surface area contributed by atoms with Crippen LogP contribution in [0.25, 0.3) is 0 Å². The second-order valence-corrected chi connectivity index (χ2v) is 6.00. The van der Waals surface area contributed by atoms with Crippen molar-refractivity contribution in [3.05, 3.63) is 71.0 Å². The van der Waals surface area contributed by atoms with Crippen molar-refractivity contribution in [2.75, 3.05) is 19.7 Å². The summed E-state index contributed by atoms with van der Waals surface area (Å²) in [6.45, 7) is 3.93. The zero-order valence-electron chi connectivity index (χ0n) is 13.5. The molecule has 1 heterocycles. The van der Waals surface area contributed by atoms with Crippen LogP contribution in [0.2, 0.25) is 0 Å². The third-order valence-corrected chi connectivity index (χ3v) is 4.50. The number of halogens is 3. The Morgan fingerprint density at radius 1 is 1.08 bits per heavy atom. The van der Waals surface area contributed by atoms with E-state index in [4.69, 9.17) is 4.74 Å². The fourth-order valence-corrected chi connectivity index (χ4v) is 3.26. The van der Waals surface area contributed by atoms with E-state index in [0.29, 0.717) is 18.7 Å². The fraction of sp³-hybridized carbons (Fsp3) is 0.368. The summed E-state index contributed by atoms with van der Waals surface area (Å²) >= 11 is 0. The lowest BCUT2D eigenvalue weighted by Crippen LogP contribution is -2.40. The molecule has 0 aromatic heterocycles. The average Bonchev–Trinajstić information content (AvgIpc) is 2.60. The molecule has 0 spiro atoms. The number of rotatable bonds is 4. The van der Waals surface area contributed by atoms with Crippen molar-refractivity contribution in [3.63, 3.8) is 0 Å². The molecule has 1 aliphatic rings. The number of nitrogens with zero attached hydrogens (tertiary/aromatic N) is 1. The SMILES string of the molecule is CCC(c1ccc(F)cc1)N1CCOC(c2ccc(F)c(F)c2)C1. The number of hydrogen-bond donors (Lipinski definition) is 0. The minimum absolute atomic E-state index is 0.141. The molecule has 0 amide bonds. The van der Waals surface area contributed by atoms with Gasteiger partial charge in [-0.2, -0.15) is 0 Å². The molecule has 0 N–H and O–H groups in total. The van der Waals surface area contributed by atoms with E-state index in [0.717, 1.165) is 24.6 Å². The number of ether oxygens (including phenoxy) is 1. The maximum atomic E-state index is 13.5. The van der Waals surface area contributed by atoms with Gasteiger partial charge in [0.1, 0.15) is 5.82 Å². The first-order valence-electron chi connectivity index (χ1n) is 8.14. The molecule has 3 rings (SSSR count). The van der Waals surface area contributed by atoms with E-state index < -0.39 is 11.6 Å². The summed E-state index contributed by atoms with van der Waals surface area (Å²) in [4.78, 5) is 2.25. The van der Waals surface area contributed by atoms with Crippen LogP contribution in [0.3, 0.4) is 0 Å². The smallest absolute Gasteiger partial charge is 0.159 e. The molecular formula is C19H20F3NO. The Labute approximate surface area is 139 Å². The van der Waals surface area contributed by atoms with Gasteiger partial charge >= 0.3 is 0 Å². The lowest BCUT2D eigenvalue weighted by atomic mass is 10.00. The van der Waals surface area contributed by atoms with E-state index in [1.54, 1.807) is 18.2 Å². The Balaban J connectivity index is 1.78. The fourth-order valence-electron chi connectivity index (χ4n) is 3.26. The first-order valence-corrected chi connectivity index (χ1v) is 8.14. The Bertz CT molecular complexity index is 690. The predicted molar refractivity (Wildman–Crippen MR) is 86.1 cm³/mol. The van der Waals surface area contributed by atoms with Gasteiger partial charge in [-0.3, -0.25) is 4.90 Å². The van der Waals surface area contributed by atoms with E-state index >= 15 is 0 Å². The summed E-state index contributed by atoms with van der Waals surface area (Å²) in [5.74, 6) is -1.97. The Hall–Kier alpha value is -1.85. The van der Waals surface area contributed by atoms with Gasteiger partial charge in [0.15, 0.2) is 11.6 Å². The highest BCUT2D eigenvalue weighted by Gasteiger charge is 2.28. The van der Waals surface area contributed by atoms with E-state index in [1.807, 2.05) is 0 Å². The highest BCUT2D eigenvalue weighted by atomic mass is 19.2. The molecule has 128 valence electrons. The van der Waals surface area contributed by atoms with Crippen molar-refractivity contribution < 1.29 is 17.9 Å². The molecular weight excluding hydrogens is 315 g/mol. The Morgan fingerprint density at radius 2 is 1.83 bits per heavy atom. The van der Waals surface area contributed by atoms with E-state index in [9.17, 15) is 13.2 Å². The van der Waals surface area contributed by atoms with Crippen LogP contribution in [-0.2, 0) is 4.74 Å². The standard InChI is InChI=1S/C19H20F3NO/c1-2-18(13-3-6-15(20)7-4-13)23-9-10-24-19(12-23)14-5-8-16(21)17(22)11-14/h3-8,11,18-19H,2,9-10,12H2,1H3. The zero-order chi connectivity index (χ0) is 17.1. The van der Waals surface area contributed by atoms with Crippen LogP contribution in [0.1, 0.15) is 36.6 Å². The van der Waals surface area contributed by atoms with Crippen LogP contribution >= 0.6 is 0 Å². The zero-order valence-corrected chi connectivity index (χ0v) is 13.5. The van der Waals surface area contributed by atoms with Crippen molar-refractivity contribution in [2.45, 2.75) is 25.5 Å². The monoisotopic (exact) mass is 335 g/mol. The molecule has 2 unspecified atom stereocenters. The van der Waals surface area contributed by atoms with Crippen molar-refractivity contribution >= 4 is 0 Å². The molecule has 24 heavy (non-hydrogen) atoms. The topological polar surface area (TPSA) is 12.5 Å². The summed E-state index contributed by atoms with van der Waals surface area (Å²) in [6, 6.07) is 10.5. The number of morpholine rings is 1. The minimum atomic E-state index is -0.862. The molecule has 0 aliphatic carbocycles. The summed E-state index contributed by atoms with van der Waals surface area (Å²) in [6.07, 6.45) is 0.569. The summed E-state index contributed by atoms with van der Waals surface area (Å²) < 4.78 is 45.5. The van der Waals surface area contributed by atoms with Gasteiger partial charge in [-0.1, -0.05) is 25.1 Å². The second kappa shape index (κ2) is 7.36. The van der Waals surface area contributed by atoms with Crippen LogP contribution in [0.4, 0.5) is 13.2 Å². The van der Waals surface area contributed by atoms with E-state index in [-0.39, 0.29) is 18.0 Å². The highest BCUT2D eigenvalue weighted by Crippen LogP contribution is 2.31. The van der Waals surface area contributed by atoms with Crippen molar-refractivity contribution in [1.29, 1.82) is 0 Å². The molecule has 2 atom stereocenters. The largest absolute Gasteiger partial charge is 0.371 e. The van der Waals surface area contributed by atoms with Gasteiger partial charge in [0, 0.05) is 19.1 Å². The van der Waals surface area contributed by atoms with Crippen LogP contribution in [0, 0.1) is 17.5 Å². The lowest BCUT2D eigenvalue weighted by Gasteiger charge is -2.38. The molecule has 1 aliphatic heterocycles. The molecule has 1 fully saturated rings. The quantitative estimate of drug-likeness (QED) is 0.808. The van der Waals surface area contributed by atoms with E-state index in [2.05, 4.69) is 11.8 Å². The maximum Gasteiger partial charge on any atom is 0.159 e. The molecule has 2 aromatic rings. The van der Waals surface area contributed by atoms with Crippen LogP contribution in [0.5, 0.6) is 0 Å². The van der Waals surface area contributed by atoms with Gasteiger partial charge in [0.25, 0.3) is 0 Å². The lowest BCUT2D eigenvalue weighted by molar-refractivity contribution is -0.0463. The van der Waals surface area contributed by atoms with Gasteiger partial charge in [-0.15, -0.1) is 0 Å². The Morgan fingerprint density at radius 3 is 2.50 bits per heavy atom.